The molecule has 0 aliphatic heterocycles. The third-order valence-corrected chi connectivity index (χ3v) is 3.69. The fourth-order valence-electron chi connectivity index (χ4n) is 2.36. The predicted molar refractivity (Wildman–Crippen MR) is 79.1 cm³/mol. The summed E-state index contributed by atoms with van der Waals surface area (Å²) in [6, 6.07) is 7.19. The van der Waals surface area contributed by atoms with Crippen LogP contribution in [0, 0.1) is 6.92 Å². The lowest BCUT2D eigenvalue weighted by molar-refractivity contribution is -0.254. The maximum Gasteiger partial charge on any atom is 0.276 e. The molecule has 0 spiro atoms. The molecule has 0 saturated heterocycles. The maximum absolute atomic E-state index is 12.5. The molecule has 3 rings (SSSR count). The van der Waals surface area contributed by atoms with Gasteiger partial charge in [-0.1, -0.05) is 23.7 Å². The largest absolute Gasteiger partial charge is 0.545 e. The first-order chi connectivity index (χ1) is 10.5. The van der Waals surface area contributed by atoms with Crippen LogP contribution in [0.3, 0.4) is 0 Å². The minimum Gasteiger partial charge on any atom is -0.545 e. The number of carbonyl (C=O) groups excluding carboxylic acids is 1. The molecule has 2 heterocycles. The fourth-order valence-corrected chi connectivity index (χ4v) is 2.57. The predicted octanol–water partition coefficient (Wildman–Crippen LogP) is 0.939. The smallest absolute Gasteiger partial charge is 0.276 e. The van der Waals surface area contributed by atoms with Crippen molar-refractivity contribution in [3.05, 3.63) is 68.2 Å². The minimum absolute atomic E-state index is 0.0531. The zero-order chi connectivity index (χ0) is 15.9. The number of benzene rings is 1. The normalized spacial score (nSPS) is 11.0. The van der Waals surface area contributed by atoms with Gasteiger partial charge >= 0.3 is 0 Å². The Balaban J connectivity index is 2.15. The van der Waals surface area contributed by atoms with Crippen LogP contribution in [0.25, 0.3) is 5.65 Å². The maximum atomic E-state index is 12.5. The van der Waals surface area contributed by atoms with E-state index >= 15 is 0 Å². The first-order valence-corrected chi connectivity index (χ1v) is 6.90. The monoisotopic (exact) mass is 316 g/mol. The van der Waals surface area contributed by atoms with Gasteiger partial charge in [0.15, 0.2) is 5.65 Å². The summed E-state index contributed by atoms with van der Waals surface area (Å²) < 4.78 is 1.11. The number of carboxylic acids is 1. The molecule has 1 aromatic carbocycles. The van der Waals surface area contributed by atoms with E-state index in [0.29, 0.717) is 22.7 Å². The number of aromatic amines is 1. The quantitative estimate of drug-likeness (QED) is 0.778. The third kappa shape index (κ3) is 2.37. The number of carboxylic acid groups (broad SMARTS) is 1. The van der Waals surface area contributed by atoms with Gasteiger partial charge in [-0.25, -0.2) is 9.50 Å². The Morgan fingerprint density at radius 3 is 2.91 bits per heavy atom. The zero-order valence-corrected chi connectivity index (χ0v) is 12.3. The van der Waals surface area contributed by atoms with Gasteiger partial charge in [0.2, 0.25) is 0 Å². The lowest BCUT2D eigenvalue weighted by atomic mass is 10.1. The van der Waals surface area contributed by atoms with Gasteiger partial charge in [0.1, 0.15) is 0 Å². The molecule has 3 aromatic rings. The molecule has 2 aromatic heterocycles. The summed E-state index contributed by atoms with van der Waals surface area (Å²) in [6.45, 7) is 1.67. The first-order valence-electron chi connectivity index (χ1n) is 6.53. The fraction of sp³-hybridized carbons (Fsp3) is 0.133. The lowest BCUT2D eigenvalue weighted by Crippen LogP contribution is -2.25. The SMILES string of the molecule is Cc1nc2c(C(=O)[O-])c[nH]n2c(=O)c1Cc1cccc(Cl)c1. The number of hydrogen-bond donors (Lipinski definition) is 1. The first kappa shape index (κ1) is 14.3. The van der Waals surface area contributed by atoms with E-state index in [-0.39, 0.29) is 16.8 Å². The number of hydrogen-bond acceptors (Lipinski definition) is 4. The van der Waals surface area contributed by atoms with Crippen LogP contribution >= 0.6 is 11.6 Å². The third-order valence-electron chi connectivity index (χ3n) is 3.45. The molecule has 0 atom stereocenters. The Hall–Kier alpha value is -2.60. The number of fused-ring (bicyclic) bond motifs is 1. The topological polar surface area (TPSA) is 90.3 Å². The molecule has 1 N–H and O–H groups in total. The van der Waals surface area contributed by atoms with Crippen molar-refractivity contribution in [1.82, 2.24) is 14.6 Å². The molecule has 112 valence electrons. The summed E-state index contributed by atoms with van der Waals surface area (Å²) >= 11 is 5.95. The molecule has 0 bridgehead atoms. The van der Waals surface area contributed by atoms with Gasteiger partial charge in [-0.3, -0.25) is 9.89 Å². The molecule has 0 fully saturated rings. The molecule has 0 saturated carbocycles. The van der Waals surface area contributed by atoms with Crippen molar-refractivity contribution in [2.24, 2.45) is 0 Å². The second kappa shape index (κ2) is 5.31. The van der Waals surface area contributed by atoms with E-state index in [1.165, 1.54) is 6.20 Å². The summed E-state index contributed by atoms with van der Waals surface area (Å²) in [5, 5.41) is 14.2. The molecule has 22 heavy (non-hydrogen) atoms. The standard InChI is InChI=1S/C15H12ClN3O3/c1-8-11(6-9-3-2-4-10(16)5-9)14(20)19-13(18-8)12(7-17-19)15(21)22/h2-5,7,17H,6H2,1H3,(H,21,22)/p-1. The number of carbonyl (C=O) groups is 1. The van der Waals surface area contributed by atoms with Crippen molar-refractivity contribution in [2.45, 2.75) is 13.3 Å². The van der Waals surface area contributed by atoms with Gasteiger partial charge in [-0.2, -0.15) is 0 Å². The van der Waals surface area contributed by atoms with Gasteiger partial charge in [0, 0.05) is 28.9 Å². The van der Waals surface area contributed by atoms with E-state index in [2.05, 4.69) is 10.1 Å². The van der Waals surface area contributed by atoms with Crippen LogP contribution in [0.1, 0.15) is 27.2 Å². The van der Waals surface area contributed by atoms with Crippen LogP contribution in [-0.2, 0) is 6.42 Å². The Kier molecular flexibility index (Phi) is 3.46. The highest BCUT2D eigenvalue weighted by atomic mass is 35.5. The van der Waals surface area contributed by atoms with E-state index in [4.69, 9.17) is 11.6 Å². The number of aryl methyl sites for hydroxylation is 1. The van der Waals surface area contributed by atoms with E-state index < -0.39 is 5.97 Å². The summed E-state index contributed by atoms with van der Waals surface area (Å²) in [5.41, 5.74) is 1.40. The van der Waals surface area contributed by atoms with Crippen molar-refractivity contribution in [3.63, 3.8) is 0 Å². The van der Waals surface area contributed by atoms with Crippen LogP contribution in [0.2, 0.25) is 5.02 Å². The summed E-state index contributed by atoms with van der Waals surface area (Å²) in [4.78, 5) is 27.7. The van der Waals surface area contributed by atoms with E-state index in [1.54, 1.807) is 25.1 Å². The molecular weight excluding hydrogens is 306 g/mol. The van der Waals surface area contributed by atoms with Crippen molar-refractivity contribution in [2.75, 3.05) is 0 Å². The zero-order valence-electron chi connectivity index (χ0n) is 11.6. The number of aromatic nitrogens is 3. The van der Waals surface area contributed by atoms with Crippen molar-refractivity contribution in [3.8, 4) is 0 Å². The van der Waals surface area contributed by atoms with Crippen LogP contribution in [0.4, 0.5) is 0 Å². The lowest BCUT2D eigenvalue weighted by Gasteiger charge is -2.07. The highest BCUT2D eigenvalue weighted by molar-refractivity contribution is 6.30. The molecule has 0 aliphatic carbocycles. The van der Waals surface area contributed by atoms with Gasteiger partial charge in [0.25, 0.3) is 5.56 Å². The van der Waals surface area contributed by atoms with Crippen molar-refractivity contribution in [1.29, 1.82) is 0 Å². The van der Waals surface area contributed by atoms with Crippen LogP contribution in [-0.4, -0.2) is 20.6 Å². The molecule has 0 radical (unpaired) electrons. The Morgan fingerprint density at radius 2 is 2.23 bits per heavy atom. The second-order valence-electron chi connectivity index (χ2n) is 4.92. The Labute approximate surface area is 130 Å². The summed E-state index contributed by atoms with van der Waals surface area (Å²) in [6.07, 6.45) is 1.56. The minimum atomic E-state index is -1.38. The molecular formula is C15H11ClN3O3-. The summed E-state index contributed by atoms with van der Waals surface area (Å²) in [5.74, 6) is -1.38. The Bertz CT molecular complexity index is 943. The molecule has 0 aliphatic rings. The van der Waals surface area contributed by atoms with Gasteiger partial charge in [-0.05, 0) is 24.6 Å². The number of rotatable bonds is 3. The average molecular weight is 317 g/mol. The van der Waals surface area contributed by atoms with Gasteiger partial charge in [-0.15, -0.1) is 0 Å². The van der Waals surface area contributed by atoms with Crippen molar-refractivity contribution < 1.29 is 9.90 Å². The van der Waals surface area contributed by atoms with E-state index in [9.17, 15) is 14.7 Å². The number of nitrogens with zero attached hydrogens (tertiary/aromatic N) is 2. The van der Waals surface area contributed by atoms with Gasteiger partial charge < -0.3 is 9.90 Å². The van der Waals surface area contributed by atoms with Crippen LogP contribution in [0.15, 0.2) is 35.3 Å². The highest BCUT2D eigenvalue weighted by Crippen LogP contribution is 2.15. The second-order valence-corrected chi connectivity index (χ2v) is 5.36. The van der Waals surface area contributed by atoms with Gasteiger partial charge in [0.05, 0.1) is 11.5 Å². The van der Waals surface area contributed by atoms with Crippen LogP contribution < -0.4 is 10.7 Å². The average Bonchev–Trinajstić information content (AvgIpc) is 2.87. The molecule has 6 nitrogen and oxygen atoms in total. The number of H-pyrrole nitrogens is 1. The summed E-state index contributed by atoms with van der Waals surface area (Å²) in [7, 11) is 0. The molecule has 0 amide bonds. The number of nitrogens with one attached hydrogen (secondary N) is 1. The number of aromatic carboxylic acids is 1. The number of halogens is 1. The van der Waals surface area contributed by atoms with E-state index in [1.807, 2.05) is 6.07 Å². The van der Waals surface area contributed by atoms with E-state index in [0.717, 1.165) is 10.1 Å². The van der Waals surface area contributed by atoms with Crippen LogP contribution in [0.5, 0.6) is 0 Å². The Morgan fingerprint density at radius 1 is 1.45 bits per heavy atom. The molecule has 7 heteroatoms. The highest BCUT2D eigenvalue weighted by Gasteiger charge is 2.14. The molecule has 0 unspecified atom stereocenters. The van der Waals surface area contributed by atoms with Crippen molar-refractivity contribution >= 4 is 23.2 Å².